The van der Waals surface area contributed by atoms with Crippen molar-refractivity contribution in [1.29, 1.82) is 0 Å². The quantitative estimate of drug-likeness (QED) is 0.596. The zero-order valence-corrected chi connectivity index (χ0v) is 18.5. The van der Waals surface area contributed by atoms with Gasteiger partial charge in [-0.25, -0.2) is 9.59 Å². The Morgan fingerprint density at radius 1 is 1.15 bits per heavy atom. The van der Waals surface area contributed by atoms with E-state index < -0.39 is 23.8 Å². The first-order valence-corrected chi connectivity index (χ1v) is 10.7. The third-order valence-electron chi connectivity index (χ3n) is 5.85. The Kier molecular flexibility index (Phi) is 7.84. The number of nitrogens with one attached hydrogen (secondary N) is 1. The van der Waals surface area contributed by atoms with Crippen LogP contribution < -0.4 is 5.32 Å². The lowest BCUT2D eigenvalue weighted by Crippen LogP contribution is -2.44. The molecule has 1 amide bonds. The number of carbonyl (C=O) groups excluding carboxylic acids is 2. The van der Waals surface area contributed by atoms with Gasteiger partial charge in [-0.3, -0.25) is 0 Å². The van der Waals surface area contributed by atoms with Crippen molar-refractivity contribution in [2.24, 2.45) is 11.8 Å². The van der Waals surface area contributed by atoms with Gasteiger partial charge in [-0.2, -0.15) is 13.2 Å². The summed E-state index contributed by atoms with van der Waals surface area (Å²) in [5.74, 6) is -0.609. The average molecular weight is 464 g/mol. The van der Waals surface area contributed by atoms with Gasteiger partial charge < -0.3 is 19.7 Å². The Bertz CT molecular complexity index is 966. The van der Waals surface area contributed by atoms with Crippen LogP contribution in [-0.4, -0.2) is 43.7 Å². The van der Waals surface area contributed by atoms with Gasteiger partial charge in [0.15, 0.2) is 0 Å². The van der Waals surface area contributed by atoms with Crippen LogP contribution in [0.4, 0.5) is 23.7 Å². The van der Waals surface area contributed by atoms with E-state index in [1.807, 2.05) is 37.3 Å². The Morgan fingerprint density at radius 3 is 2.52 bits per heavy atom. The van der Waals surface area contributed by atoms with E-state index in [-0.39, 0.29) is 36.2 Å². The summed E-state index contributed by atoms with van der Waals surface area (Å²) in [5, 5.41) is 2.87. The van der Waals surface area contributed by atoms with Gasteiger partial charge in [0.25, 0.3) is 0 Å². The molecule has 6 nitrogen and oxygen atoms in total. The molecule has 2 aromatic carbocycles. The van der Waals surface area contributed by atoms with Gasteiger partial charge in [0.05, 0.1) is 18.2 Å². The molecular weight excluding hydrogens is 437 g/mol. The van der Waals surface area contributed by atoms with Gasteiger partial charge in [-0.1, -0.05) is 37.3 Å². The first-order chi connectivity index (χ1) is 15.7. The molecule has 1 aliphatic rings. The molecule has 2 atom stereocenters. The minimum atomic E-state index is -4.56. The predicted molar refractivity (Wildman–Crippen MR) is 117 cm³/mol. The fourth-order valence-corrected chi connectivity index (χ4v) is 3.90. The molecule has 2 unspecified atom stereocenters. The Balaban J connectivity index is 1.58. The van der Waals surface area contributed by atoms with E-state index in [0.29, 0.717) is 19.5 Å². The molecule has 178 valence electrons. The molecule has 33 heavy (non-hydrogen) atoms. The highest BCUT2D eigenvalue weighted by molar-refractivity contribution is 5.90. The van der Waals surface area contributed by atoms with Crippen molar-refractivity contribution in [2.75, 3.05) is 32.1 Å². The molecule has 0 bridgehead atoms. The molecular formula is C24H27F3N2O4. The highest BCUT2D eigenvalue weighted by Gasteiger charge is 2.35. The lowest BCUT2D eigenvalue weighted by molar-refractivity contribution is -0.137. The number of benzene rings is 2. The number of methoxy groups -OCH3 is 1. The summed E-state index contributed by atoms with van der Waals surface area (Å²) in [6.45, 7) is 3.33. The first kappa shape index (κ1) is 24.4. The number of likely N-dealkylation sites (tertiary alicyclic amines) is 1. The second kappa shape index (κ2) is 10.6. The molecule has 0 aromatic heterocycles. The lowest BCUT2D eigenvalue weighted by Gasteiger charge is -2.36. The van der Waals surface area contributed by atoms with Crippen molar-refractivity contribution in [3.63, 3.8) is 0 Å². The maximum atomic E-state index is 13.4. The zero-order valence-electron chi connectivity index (χ0n) is 18.5. The summed E-state index contributed by atoms with van der Waals surface area (Å²) in [4.78, 5) is 25.8. The van der Waals surface area contributed by atoms with Gasteiger partial charge >= 0.3 is 18.2 Å². The molecule has 3 rings (SSSR count). The van der Waals surface area contributed by atoms with Gasteiger partial charge in [0, 0.05) is 25.3 Å². The molecule has 0 aliphatic carbocycles. The standard InChI is InChI=1S/C24H27F3N2O4/c1-16-14-29(23(31)33-15-17-6-4-3-5-7-17)11-10-19(16)13-28-21-12-18(22(30)32-2)8-9-20(21)24(25,26)27/h3-9,12,16,19,28H,10-11,13-15H2,1-2H3. The van der Waals surface area contributed by atoms with Crippen LogP contribution in [0.25, 0.3) is 0 Å². The van der Waals surface area contributed by atoms with Crippen LogP contribution in [0.2, 0.25) is 0 Å². The number of ether oxygens (including phenoxy) is 2. The largest absolute Gasteiger partial charge is 0.465 e. The molecule has 1 N–H and O–H groups in total. The van der Waals surface area contributed by atoms with E-state index in [9.17, 15) is 22.8 Å². The maximum Gasteiger partial charge on any atom is 0.418 e. The van der Waals surface area contributed by atoms with Crippen molar-refractivity contribution in [3.8, 4) is 0 Å². The Labute approximate surface area is 190 Å². The monoisotopic (exact) mass is 464 g/mol. The number of carbonyl (C=O) groups is 2. The summed E-state index contributed by atoms with van der Waals surface area (Å²) in [5.41, 5.74) is -0.0725. The molecule has 0 radical (unpaired) electrons. The fourth-order valence-electron chi connectivity index (χ4n) is 3.90. The van der Waals surface area contributed by atoms with E-state index in [0.717, 1.165) is 23.8 Å². The number of piperidine rings is 1. The summed E-state index contributed by atoms with van der Waals surface area (Å²) in [6.07, 6.45) is -4.34. The highest BCUT2D eigenvalue weighted by atomic mass is 19.4. The molecule has 1 aliphatic heterocycles. The first-order valence-electron chi connectivity index (χ1n) is 10.7. The van der Waals surface area contributed by atoms with Crippen LogP contribution in [0.15, 0.2) is 48.5 Å². The SMILES string of the molecule is COC(=O)c1ccc(C(F)(F)F)c(NCC2CCN(C(=O)OCc3ccccc3)CC2C)c1. The minimum Gasteiger partial charge on any atom is -0.465 e. The van der Waals surface area contributed by atoms with Gasteiger partial charge in [0.2, 0.25) is 0 Å². The van der Waals surface area contributed by atoms with Gasteiger partial charge in [-0.15, -0.1) is 0 Å². The van der Waals surface area contributed by atoms with E-state index in [4.69, 9.17) is 4.74 Å². The van der Waals surface area contributed by atoms with Gasteiger partial charge in [0.1, 0.15) is 6.61 Å². The lowest BCUT2D eigenvalue weighted by atomic mass is 9.87. The molecule has 0 saturated carbocycles. The smallest absolute Gasteiger partial charge is 0.418 e. The highest BCUT2D eigenvalue weighted by Crippen LogP contribution is 2.36. The van der Waals surface area contributed by atoms with Crippen LogP contribution in [-0.2, 0) is 22.3 Å². The Hall–Kier alpha value is -3.23. The number of hydrogen-bond donors (Lipinski definition) is 1. The molecule has 9 heteroatoms. The van der Waals surface area contributed by atoms with Crippen LogP contribution in [0.3, 0.4) is 0 Å². The predicted octanol–water partition coefficient (Wildman–Crippen LogP) is 5.20. The zero-order chi connectivity index (χ0) is 24.0. The third kappa shape index (κ3) is 6.40. The van der Waals surface area contributed by atoms with E-state index in [1.165, 1.54) is 7.11 Å². The summed E-state index contributed by atoms with van der Waals surface area (Å²) in [6, 6.07) is 12.5. The van der Waals surface area contributed by atoms with E-state index in [1.54, 1.807) is 4.90 Å². The number of anilines is 1. The maximum absolute atomic E-state index is 13.4. The molecule has 0 spiro atoms. The van der Waals surface area contributed by atoms with Crippen LogP contribution >= 0.6 is 0 Å². The number of nitrogens with zero attached hydrogens (tertiary/aromatic N) is 1. The topological polar surface area (TPSA) is 67.9 Å². The summed E-state index contributed by atoms with van der Waals surface area (Å²) >= 11 is 0. The second-order valence-electron chi connectivity index (χ2n) is 8.14. The number of esters is 1. The van der Waals surface area contributed by atoms with E-state index in [2.05, 4.69) is 10.1 Å². The van der Waals surface area contributed by atoms with Crippen LogP contribution in [0.1, 0.15) is 34.8 Å². The summed E-state index contributed by atoms with van der Waals surface area (Å²) in [7, 11) is 1.17. The molecule has 2 aromatic rings. The van der Waals surface area contributed by atoms with Gasteiger partial charge in [-0.05, 0) is 42.0 Å². The van der Waals surface area contributed by atoms with Crippen LogP contribution in [0, 0.1) is 11.8 Å². The van der Waals surface area contributed by atoms with E-state index >= 15 is 0 Å². The second-order valence-corrected chi connectivity index (χ2v) is 8.14. The normalized spacial score (nSPS) is 18.5. The minimum absolute atomic E-state index is 0.0389. The molecule has 1 heterocycles. The molecule has 1 fully saturated rings. The number of hydrogen-bond acceptors (Lipinski definition) is 5. The van der Waals surface area contributed by atoms with Crippen molar-refractivity contribution < 1.29 is 32.2 Å². The van der Waals surface area contributed by atoms with Crippen molar-refractivity contribution in [2.45, 2.75) is 26.1 Å². The number of rotatable bonds is 6. The fraction of sp³-hybridized carbons (Fsp3) is 0.417. The number of amides is 1. The number of halogens is 3. The van der Waals surface area contributed by atoms with Crippen molar-refractivity contribution >= 4 is 17.7 Å². The Morgan fingerprint density at radius 2 is 1.88 bits per heavy atom. The number of alkyl halides is 3. The van der Waals surface area contributed by atoms with Crippen LogP contribution in [0.5, 0.6) is 0 Å². The van der Waals surface area contributed by atoms with Crippen molar-refractivity contribution in [1.82, 2.24) is 4.90 Å². The summed E-state index contributed by atoms with van der Waals surface area (Å²) < 4.78 is 50.3. The average Bonchev–Trinajstić information content (AvgIpc) is 2.81. The van der Waals surface area contributed by atoms with Crippen molar-refractivity contribution in [3.05, 3.63) is 65.2 Å². The molecule has 1 saturated heterocycles. The third-order valence-corrected chi connectivity index (χ3v) is 5.85.